The van der Waals surface area contributed by atoms with Gasteiger partial charge in [-0.3, -0.25) is 9.59 Å². The van der Waals surface area contributed by atoms with Gasteiger partial charge < -0.3 is 20.3 Å². The first-order chi connectivity index (χ1) is 10.6. The molecule has 0 aliphatic carbocycles. The number of nitrogens with one attached hydrogen (secondary N) is 2. The monoisotopic (exact) mass is 403 g/mol. The fourth-order valence-electron chi connectivity index (χ4n) is 2.48. The van der Waals surface area contributed by atoms with E-state index in [-0.39, 0.29) is 30.8 Å². The number of fused-ring (bicyclic) bond motifs is 1. The summed E-state index contributed by atoms with van der Waals surface area (Å²) in [7, 11) is 0. The molecule has 1 fully saturated rings. The molecule has 2 aliphatic heterocycles. The first kappa shape index (κ1) is 18.0. The van der Waals surface area contributed by atoms with E-state index in [1.165, 1.54) is 0 Å². The molecule has 0 bridgehead atoms. The predicted octanol–water partition coefficient (Wildman–Crippen LogP) is 1.32. The fourth-order valence-corrected chi connectivity index (χ4v) is 2.82. The lowest BCUT2D eigenvalue weighted by molar-refractivity contribution is -0.122. The Kier molecular flexibility index (Phi) is 6.26. The number of amides is 2. The second-order valence-electron chi connectivity index (χ2n) is 5.52. The number of rotatable bonds is 5. The van der Waals surface area contributed by atoms with Crippen LogP contribution >= 0.6 is 28.3 Å². The number of nitrogens with zero attached hydrogens (tertiary/aromatic N) is 1. The van der Waals surface area contributed by atoms with Crippen LogP contribution in [-0.2, 0) is 9.59 Å². The van der Waals surface area contributed by atoms with Crippen LogP contribution < -0.4 is 20.3 Å². The SMILES string of the molecule is Cl.O=C(CCN1C(=O)COc2cc(Br)ccc21)NCC1CNC1. The standard InChI is InChI=1S/C15H18BrN3O3.ClH/c16-11-1-2-12-13(5-11)22-9-15(21)19(12)4-3-14(20)18-8-10-6-17-7-10;/h1-2,5,10,17H,3-4,6-9H2,(H,18,20);1H. The molecule has 0 atom stereocenters. The van der Waals surface area contributed by atoms with Crippen molar-refractivity contribution in [1.29, 1.82) is 0 Å². The molecule has 2 aliphatic rings. The molecule has 126 valence electrons. The Labute approximate surface area is 149 Å². The zero-order valence-corrected chi connectivity index (χ0v) is 14.9. The third-order valence-electron chi connectivity index (χ3n) is 3.88. The molecule has 1 saturated heterocycles. The van der Waals surface area contributed by atoms with Crippen LogP contribution in [-0.4, -0.2) is 44.6 Å². The molecule has 2 N–H and O–H groups in total. The normalized spacial score (nSPS) is 16.7. The fraction of sp³-hybridized carbons (Fsp3) is 0.467. The number of carbonyl (C=O) groups is 2. The molecular formula is C15H19BrClN3O3. The van der Waals surface area contributed by atoms with E-state index < -0.39 is 0 Å². The van der Waals surface area contributed by atoms with Crippen LogP contribution in [0, 0.1) is 5.92 Å². The zero-order valence-electron chi connectivity index (χ0n) is 12.5. The van der Waals surface area contributed by atoms with E-state index in [2.05, 4.69) is 26.6 Å². The molecule has 23 heavy (non-hydrogen) atoms. The van der Waals surface area contributed by atoms with Gasteiger partial charge in [-0.15, -0.1) is 12.4 Å². The van der Waals surface area contributed by atoms with Crippen molar-refractivity contribution in [2.24, 2.45) is 5.92 Å². The summed E-state index contributed by atoms with van der Waals surface area (Å²) in [5, 5.41) is 6.08. The maximum absolute atomic E-state index is 12.0. The van der Waals surface area contributed by atoms with E-state index in [9.17, 15) is 9.59 Å². The van der Waals surface area contributed by atoms with E-state index in [0.29, 0.717) is 31.2 Å². The summed E-state index contributed by atoms with van der Waals surface area (Å²) < 4.78 is 6.32. The van der Waals surface area contributed by atoms with Crippen molar-refractivity contribution in [3.05, 3.63) is 22.7 Å². The number of carbonyl (C=O) groups excluding carboxylic acids is 2. The van der Waals surface area contributed by atoms with Crippen molar-refractivity contribution in [2.45, 2.75) is 6.42 Å². The van der Waals surface area contributed by atoms with E-state index in [4.69, 9.17) is 4.74 Å². The van der Waals surface area contributed by atoms with Crippen molar-refractivity contribution in [3.63, 3.8) is 0 Å². The van der Waals surface area contributed by atoms with Gasteiger partial charge in [0.15, 0.2) is 6.61 Å². The lowest BCUT2D eigenvalue weighted by atomic mass is 10.0. The Hall–Kier alpha value is -1.31. The Morgan fingerprint density at radius 2 is 2.22 bits per heavy atom. The van der Waals surface area contributed by atoms with Crippen molar-refractivity contribution in [3.8, 4) is 5.75 Å². The van der Waals surface area contributed by atoms with Crippen LogP contribution in [0.15, 0.2) is 22.7 Å². The highest BCUT2D eigenvalue weighted by atomic mass is 79.9. The van der Waals surface area contributed by atoms with Gasteiger partial charge in [0.05, 0.1) is 5.69 Å². The van der Waals surface area contributed by atoms with Crippen LogP contribution in [0.25, 0.3) is 0 Å². The number of hydrogen-bond acceptors (Lipinski definition) is 4. The molecule has 0 saturated carbocycles. The van der Waals surface area contributed by atoms with Crippen LogP contribution in [0.5, 0.6) is 5.75 Å². The number of halogens is 2. The van der Waals surface area contributed by atoms with Gasteiger partial charge in [-0.2, -0.15) is 0 Å². The summed E-state index contributed by atoms with van der Waals surface area (Å²) in [5.41, 5.74) is 0.718. The second kappa shape index (κ2) is 7.99. The lowest BCUT2D eigenvalue weighted by Gasteiger charge is -2.30. The quantitative estimate of drug-likeness (QED) is 0.776. The maximum Gasteiger partial charge on any atom is 0.265 e. The van der Waals surface area contributed by atoms with E-state index in [1.807, 2.05) is 18.2 Å². The number of hydrogen-bond donors (Lipinski definition) is 2. The Bertz CT molecular complexity index is 595. The molecule has 1 aromatic carbocycles. The van der Waals surface area contributed by atoms with Gasteiger partial charge in [-0.05, 0) is 18.2 Å². The van der Waals surface area contributed by atoms with Gasteiger partial charge in [-0.1, -0.05) is 15.9 Å². The van der Waals surface area contributed by atoms with Crippen molar-refractivity contribution < 1.29 is 14.3 Å². The average molecular weight is 405 g/mol. The zero-order chi connectivity index (χ0) is 15.5. The largest absolute Gasteiger partial charge is 0.482 e. The minimum Gasteiger partial charge on any atom is -0.482 e. The minimum absolute atomic E-state index is 0. The van der Waals surface area contributed by atoms with Crippen molar-refractivity contribution in [2.75, 3.05) is 37.7 Å². The van der Waals surface area contributed by atoms with E-state index >= 15 is 0 Å². The van der Waals surface area contributed by atoms with Crippen LogP contribution in [0.3, 0.4) is 0 Å². The lowest BCUT2D eigenvalue weighted by Crippen LogP contribution is -2.48. The molecule has 0 aromatic heterocycles. The highest BCUT2D eigenvalue weighted by Gasteiger charge is 2.26. The molecule has 2 amide bonds. The van der Waals surface area contributed by atoms with Crippen LogP contribution in [0.1, 0.15) is 6.42 Å². The second-order valence-corrected chi connectivity index (χ2v) is 6.44. The number of anilines is 1. The molecule has 3 rings (SSSR count). The highest BCUT2D eigenvalue weighted by Crippen LogP contribution is 2.34. The van der Waals surface area contributed by atoms with Crippen LogP contribution in [0.4, 0.5) is 5.69 Å². The minimum atomic E-state index is -0.120. The van der Waals surface area contributed by atoms with Gasteiger partial charge in [0.2, 0.25) is 5.91 Å². The predicted molar refractivity (Wildman–Crippen MR) is 93.2 cm³/mol. The van der Waals surface area contributed by atoms with E-state index in [1.54, 1.807) is 4.90 Å². The van der Waals surface area contributed by atoms with Gasteiger partial charge in [0.25, 0.3) is 5.91 Å². The van der Waals surface area contributed by atoms with Crippen molar-refractivity contribution in [1.82, 2.24) is 10.6 Å². The van der Waals surface area contributed by atoms with Gasteiger partial charge >= 0.3 is 0 Å². The van der Waals surface area contributed by atoms with Gasteiger partial charge in [0, 0.05) is 43.0 Å². The molecule has 2 heterocycles. The Balaban J connectivity index is 0.00000192. The highest BCUT2D eigenvalue weighted by molar-refractivity contribution is 9.10. The average Bonchev–Trinajstić information content (AvgIpc) is 2.44. The Morgan fingerprint density at radius 3 is 2.91 bits per heavy atom. The van der Waals surface area contributed by atoms with Crippen LogP contribution in [0.2, 0.25) is 0 Å². The molecule has 6 nitrogen and oxygen atoms in total. The Morgan fingerprint density at radius 1 is 1.43 bits per heavy atom. The summed E-state index contributed by atoms with van der Waals surface area (Å²) in [6.45, 7) is 3.01. The first-order valence-corrected chi connectivity index (χ1v) is 8.13. The van der Waals surface area contributed by atoms with Gasteiger partial charge in [-0.25, -0.2) is 0 Å². The summed E-state index contributed by atoms with van der Waals surface area (Å²) in [6.07, 6.45) is 0.293. The third-order valence-corrected chi connectivity index (χ3v) is 4.37. The summed E-state index contributed by atoms with van der Waals surface area (Å²) in [5.74, 6) is 1.05. The molecule has 1 aromatic rings. The summed E-state index contributed by atoms with van der Waals surface area (Å²) in [4.78, 5) is 25.5. The van der Waals surface area contributed by atoms with E-state index in [0.717, 1.165) is 23.2 Å². The molecule has 0 radical (unpaired) electrons. The topological polar surface area (TPSA) is 70.7 Å². The number of ether oxygens (including phenoxy) is 1. The smallest absolute Gasteiger partial charge is 0.265 e. The summed E-state index contributed by atoms with van der Waals surface area (Å²) >= 11 is 3.38. The summed E-state index contributed by atoms with van der Waals surface area (Å²) in [6, 6.07) is 5.52. The molecule has 0 unspecified atom stereocenters. The molecular weight excluding hydrogens is 386 g/mol. The number of benzene rings is 1. The third kappa shape index (κ3) is 4.37. The van der Waals surface area contributed by atoms with Gasteiger partial charge in [0.1, 0.15) is 5.75 Å². The first-order valence-electron chi connectivity index (χ1n) is 7.33. The molecule has 8 heteroatoms. The van der Waals surface area contributed by atoms with Crippen molar-refractivity contribution >= 4 is 45.8 Å². The maximum atomic E-state index is 12.0. The molecule has 0 spiro atoms.